The van der Waals surface area contributed by atoms with E-state index in [-0.39, 0.29) is 12.2 Å². The standard InChI is InChI=1S/C22H23Cl2N5O2/c1-12-13(8-9-25-10-11-30)14-6-7-17-20(18(14)21(31)26-12)29(2)22(27-17)28-19-15(23)4-3-5-16(19)24/h3-7,25,30H,8-11H2,1-2H3,(H,26,31)(H,27,28). The van der Waals surface area contributed by atoms with Crippen LogP contribution < -0.4 is 16.2 Å². The molecule has 0 atom stereocenters. The van der Waals surface area contributed by atoms with E-state index >= 15 is 0 Å². The van der Waals surface area contributed by atoms with Crippen LogP contribution in [0, 0.1) is 6.92 Å². The molecule has 0 spiro atoms. The van der Waals surface area contributed by atoms with E-state index < -0.39 is 0 Å². The number of para-hydroxylation sites is 1. The predicted molar refractivity (Wildman–Crippen MR) is 127 cm³/mol. The maximum absolute atomic E-state index is 13.0. The highest BCUT2D eigenvalue weighted by atomic mass is 35.5. The molecule has 4 N–H and O–H groups in total. The lowest BCUT2D eigenvalue weighted by atomic mass is 10.0. The summed E-state index contributed by atoms with van der Waals surface area (Å²) in [4.78, 5) is 20.6. The zero-order valence-electron chi connectivity index (χ0n) is 17.2. The van der Waals surface area contributed by atoms with Crippen LogP contribution in [0.5, 0.6) is 0 Å². The lowest BCUT2D eigenvalue weighted by Crippen LogP contribution is -2.22. The van der Waals surface area contributed by atoms with Crippen molar-refractivity contribution in [2.75, 3.05) is 25.0 Å². The van der Waals surface area contributed by atoms with Gasteiger partial charge in [0.15, 0.2) is 0 Å². The minimum atomic E-state index is -0.157. The van der Waals surface area contributed by atoms with E-state index in [0.717, 1.165) is 28.6 Å². The first-order valence-electron chi connectivity index (χ1n) is 9.96. The minimum Gasteiger partial charge on any atom is -0.395 e. The van der Waals surface area contributed by atoms with Crippen molar-refractivity contribution in [3.05, 3.63) is 62.0 Å². The molecule has 4 aromatic rings. The van der Waals surface area contributed by atoms with Gasteiger partial charge in [-0.2, -0.15) is 0 Å². The summed E-state index contributed by atoms with van der Waals surface area (Å²) in [6.45, 7) is 3.23. The number of halogens is 2. The van der Waals surface area contributed by atoms with Gasteiger partial charge >= 0.3 is 0 Å². The molecule has 0 aliphatic carbocycles. The fourth-order valence-electron chi connectivity index (χ4n) is 3.88. The number of hydrogen-bond acceptors (Lipinski definition) is 5. The quantitative estimate of drug-likeness (QED) is 0.314. The number of aromatic nitrogens is 3. The first-order valence-corrected chi connectivity index (χ1v) is 10.7. The number of hydrogen-bond donors (Lipinski definition) is 4. The molecule has 0 saturated carbocycles. The number of nitrogens with zero attached hydrogens (tertiary/aromatic N) is 2. The van der Waals surface area contributed by atoms with Crippen molar-refractivity contribution in [2.24, 2.45) is 7.05 Å². The zero-order chi connectivity index (χ0) is 22.1. The highest BCUT2D eigenvalue weighted by Gasteiger charge is 2.18. The van der Waals surface area contributed by atoms with Gasteiger partial charge < -0.3 is 25.3 Å². The average Bonchev–Trinajstić information content (AvgIpc) is 3.05. The fraction of sp³-hybridized carbons (Fsp3) is 0.273. The largest absolute Gasteiger partial charge is 0.395 e. The van der Waals surface area contributed by atoms with Gasteiger partial charge in [0.2, 0.25) is 5.95 Å². The molecule has 0 unspecified atom stereocenters. The summed E-state index contributed by atoms with van der Waals surface area (Å²) in [5, 5.41) is 17.8. The minimum absolute atomic E-state index is 0.0895. The number of anilines is 2. The number of aliphatic hydroxyl groups excluding tert-OH is 1. The number of imidazole rings is 1. The van der Waals surface area contributed by atoms with E-state index in [1.165, 1.54) is 0 Å². The Bertz CT molecular complexity index is 1310. The summed E-state index contributed by atoms with van der Waals surface area (Å²) in [5.41, 5.74) is 3.73. The lowest BCUT2D eigenvalue weighted by Gasteiger charge is -2.12. The van der Waals surface area contributed by atoms with Gasteiger partial charge in [0.05, 0.1) is 38.8 Å². The molecule has 31 heavy (non-hydrogen) atoms. The van der Waals surface area contributed by atoms with Crippen molar-refractivity contribution in [1.29, 1.82) is 0 Å². The number of aromatic amines is 1. The van der Waals surface area contributed by atoms with Crippen LogP contribution in [0.4, 0.5) is 11.6 Å². The number of pyridine rings is 1. The van der Waals surface area contributed by atoms with Gasteiger partial charge in [-0.25, -0.2) is 4.98 Å². The molecule has 9 heteroatoms. The number of aliphatic hydroxyl groups is 1. The second-order valence-corrected chi connectivity index (χ2v) is 8.17. The summed E-state index contributed by atoms with van der Waals surface area (Å²) in [6.07, 6.45) is 0.725. The third-order valence-corrected chi connectivity index (χ3v) is 6.01. The molecule has 0 saturated heterocycles. The molecule has 0 amide bonds. The second-order valence-electron chi connectivity index (χ2n) is 7.35. The Morgan fingerprint density at radius 3 is 2.61 bits per heavy atom. The van der Waals surface area contributed by atoms with E-state index in [0.29, 0.717) is 45.7 Å². The third-order valence-electron chi connectivity index (χ3n) is 5.38. The molecule has 0 radical (unpaired) electrons. The second kappa shape index (κ2) is 8.88. The van der Waals surface area contributed by atoms with E-state index in [4.69, 9.17) is 28.3 Å². The molecule has 0 bridgehead atoms. The van der Waals surface area contributed by atoms with Crippen molar-refractivity contribution < 1.29 is 5.11 Å². The first-order chi connectivity index (χ1) is 14.9. The molecule has 4 rings (SSSR count). The Balaban J connectivity index is 1.85. The number of rotatable bonds is 7. The van der Waals surface area contributed by atoms with E-state index in [1.807, 2.05) is 30.7 Å². The lowest BCUT2D eigenvalue weighted by molar-refractivity contribution is 0.293. The van der Waals surface area contributed by atoms with Gasteiger partial charge in [-0.05, 0) is 49.0 Å². The van der Waals surface area contributed by atoms with E-state index in [2.05, 4.69) is 20.6 Å². The highest BCUT2D eigenvalue weighted by molar-refractivity contribution is 6.39. The molecule has 162 valence electrons. The SMILES string of the molecule is Cc1[nH]c(=O)c2c(ccc3nc(Nc4c(Cl)cccc4Cl)n(C)c32)c1CCNCCO. The van der Waals surface area contributed by atoms with Crippen LogP contribution in [0.1, 0.15) is 11.3 Å². The molecule has 7 nitrogen and oxygen atoms in total. The van der Waals surface area contributed by atoms with Crippen LogP contribution in [0.3, 0.4) is 0 Å². The molecule has 2 aromatic heterocycles. The summed E-state index contributed by atoms with van der Waals surface area (Å²) in [6, 6.07) is 9.13. The van der Waals surface area contributed by atoms with Crippen molar-refractivity contribution in [2.45, 2.75) is 13.3 Å². The van der Waals surface area contributed by atoms with Crippen molar-refractivity contribution in [1.82, 2.24) is 19.9 Å². The van der Waals surface area contributed by atoms with Gasteiger partial charge in [0, 0.05) is 19.3 Å². The molecule has 2 aromatic carbocycles. The molecule has 2 heterocycles. The van der Waals surface area contributed by atoms with Crippen molar-refractivity contribution >= 4 is 56.6 Å². The van der Waals surface area contributed by atoms with Crippen LogP contribution in [0.15, 0.2) is 35.1 Å². The molecule has 0 aliphatic rings. The Labute approximate surface area is 189 Å². The number of nitrogens with one attached hydrogen (secondary N) is 3. The van der Waals surface area contributed by atoms with E-state index in [9.17, 15) is 4.79 Å². The number of aryl methyl sites for hydroxylation is 2. The smallest absolute Gasteiger partial charge is 0.258 e. The summed E-state index contributed by atoms with van der Waals surface area (Å²) < 4.78 is 1.84. The topological polar surface area (TPSA) is 95.0 Å². The zero-order valence-corrected chi connectivity index (χ0v) is 18.7. The molecule has 0 aliphatic heterocycles. The van der Waals surface area contributed by atoms with Crippen molar-refractivity contribution in [3.8, 4) is 0 Å². The van der Waals surface area contributed by atoms with E-state index in [1.54, 1.807) is 18.2 Å². The Hall–Kier alpha value is -2.58. The Morgan fingerprint density at radius 2 is 1.90 bits per heavy atom. The van der Waals surface area contributed by atoms with Crippen LogP contribution in [0.25, 0.3) is 21.8 Å². The number of H-pyrrole nitrogens is 1. The number of benzene rings is 2. The first kappa shape index (κ1) is 21.6. The van der Waals surface area contributed by atoms with Gasteiger partial charge in [0.25, 0.3) is 5.56 Å². The highest BCUT2D eigenvalue weighted by Crippen LogP contribution is 2.34. The fourth-order valence-corrected chi connectivity index (χ4v) is 4.37. The van der Waals surface area contributed by atoms with Crippen molar-refractivity contribution in [3.63, 3.8) is 0 Å². The molecule has 0 fully saturated rings. The Kier molecular flexibility index (Phi) is 6.20. The van der Waals surface area contributed by atoms with Gasteiger partial charge in [0.1, 0.15) is 0 Å². The summed E-state index contributed by atoms with van der Waals surface area (Å²) in [7, 11) is 1.85. The normalized spacial score (nSPS) is 11.5. The monoisotopic (exact) mass is 459 g/mol. The maximum atomic E-state index is 13.0. The predicted octanol–water partition coefficient (Wildman–Crippen LogP) is 3.90. The Morgan fingerprint density at radius 1 is 1.16 bits per heavy atom. The number of fused-ring (bicyclic) bond motifs is 3. The van der Waals surface area contributed by atoms with Crippen LogP contribution >= 0.6 is 23.2 Å². The summed E-state index contributed by atoms with van der Waals surface area (Å²) in [5.74, 6) is 0.531. The van der Waals surface area contributed by atoms with Crippen LogP contribution in [-0.2, 0) is 13.5 Å². The molecular formula is C22H23Cl2N5O2. The van der Waals surface area contributed by atoms with Crippen LogP contribution in [-0.4, -0.2) is 39.3 Å². The molecular weight excluding hydrogens is 437 g/mol. The van der Waals surface area contributed by atoms with Gasteiger partial charge in [-0.3, -0.25) is 4.79 Å². The third kappa shape index (κ3) is 4.02. The van der Waals surface area contributed by atoms with Crippen LogP contribution in [0.2, 0.25) is 10.0 Å². The maximum Gasteiger partial charge on any atom is 0.258 e. The average molecular weight is 460 g/mol. The van der Waals surface area contributed by atoms with Gasteiger partial charge in [-0.15, -0.1) is 0 Å². The summed E-state index contributed by atoms with van der Waals surface area (Å²) >= 11 is 12.6. The van der Waals surface area contributed by atoms with Gasteiger partial charge in [-0.1, -0.05) is 35.3 Å².